The maximum atomic E-state index is 13.9. The summed E-state index contributed by atoms with van der Waals surface area (Å²) in [6, 6.07) is 33.3. The van der Waals surface area contributed by atoms with Crippen molar-refractivity contribution in [3.63, 3.8) is 0 Å². The monoisotopic (exact) mass is 470 g/mol. The molecule has 4 aromatic carbocycles. The number of fused-ring (bicyclic) bond motifs is 4. The van der Waals surface area contributed by atoms with Gasteiger partial charge in [-0.05, 0) is 52.0 Å². The first kappa shape index (κ1) is 20.4. The Kier molecular flexibility index (Phi) is 4.67. The molecule has 1 aromatic heterocycles. The highest BCUT2D eigenvalue weighted by molar-refractivity contribution is 7.07. The number of allylic oxidation sites excluding steroid dienone is 1. The predicted octanol–water partition coefficient (Wildman–Crippen LogP) is 5.47. The summed E-state index contributed by atoms with van der Waals surface area (Å²) >= 11 is 1.49. The molecular weight excluding hydrogens is 448 g/mol. The van der Waals surface area contributed by atoms with Gasteiger partial charge in [-0.3, -0.25) is 9.36 Å². The van der Waals surface area contributed by atoms with E-state index in [4.69, 9.17) is 4.99 Å². The molecule has 0 bridgehead atoms. The molecule has 0 radical (unpaired) electrons. The first-order valence-corrected chi connectivity index (χ1v) is 12.8. The van der Waals surface area contributed by atoms with Gasteiger partial charge in [-0.1, -0.05) is 108 Å². The second kappa shape index (κ2) is 8.03. The third-order valence-electron chi connectivity index (χ3n) is 7.10. The van der Waals surface area contributed by atoms with Crippen LogP contribution >= 0.6 is 11.3 Å². The van der Waals surface area contributed by atoms with E-state index >= 15 is 0 Å². The molecule has 0 amide bonds. The van der Waals surface area contributed by atoms with Crippen LogP contribution < -0.4 is 14.9 Å². The van der Waals surface area contributed by atoms with E-state index in [0.717, 1.165) is 39.9 Å². The number of nitrogens with zero attached hydrogens (tertiary/aromatic N) is 2. The van der Waals surface area contributed by atoms with Gasteiger partial charge in [-0.25, -0.2) is 4.99 Å². The molecular formula is C31H22N2OS. The Hall–Kier alpha value is -4.02. The van der Waals surface area contributed by atoms with Crippen molar-refractivity contribution >= 4 is 33.9 Å². The maximum Gasteiger partial charge on any atom is 0.271 e. The second-order valence-corrected chi connectivity index (χ2v) is 10.1. The van der Waals surface area contributed by atoms with Gasteiger partial charge in [0.05, 0.1) is 16.3 Å². The van der Waals surface area contributed by atoms with Crippen LogP contribution in [-0.2, 0) is 6.42 Å². The normalized spacial score (nSPS) is 17.0. The third kappa shape index (κ3) is 3.25. The molecule has 0 unspecified atom stereocenters. The summed E-state index contributed by atoms with van der Waals surface area (Å²) in [6.45, 7) is 0. The van der Waals surface area contributed by atoms with Crippen molar-refractivity contribution in [2.45, 2.75) is 18.9 Å². The molecule has 2 aliphatic rings. The van der Waals surface area contributed by atoms with Gasteiger partial charge in [0.25, 0.3) is 5.56 Å². The van der Waals surface area contributed by atoms with Crippen molar-refractivity contribution in [2.75, 3.05) is 0 Å². The average molecular weight is 471 g/mol. The van der Waals surface area contributed by atoms with E-state index in [1.165, 1.54) is 33.4 Å². The summed E-state index contributed by atoms with van der Waals surface area (Å²) in [6.07, 6.45) is 3.90. The number of hydrogen-bond donors (Lipinski definition) is 0. The van der Waals surface area contributed by atoms with Gasteiger partial charge < -0.3 is 0 Å². The molecule has 2 heterocycles. The minimum atomic E-state index is -0.134. The summed E-state index contributed by atoms with van der Waals surface area (Å²) in [5.74, 6) is 0. The standard InChI is InChI=1S/C31H22N2OS/c34-30-27(19-23-14-8-13-20-9-4-6-15-24(20)23)35-31-32-28-25-16-7-5-10-21(25)17-18-26(28)29(33(30)31)22-11-2-1-3-12-22/h1-16,19,29H,17-18H2/b27-19+/t29-/m0/s1. The number of hydrogen-bond acceptors (Lipinski definition) is 3. The van der Waals surface area contributed by atoms with E-state index in [-0.39, 0.29) is 11.6 Å². The Morgan fingerprint density at radius 1 is 0.829 bits per heavy atom. The molecule has 35 heavy (non-hydrogen) atoms. The minimum Gasteiger partial charge on any atom is -0.272 e. The Labute approximate surface area is 206 Å². The zero-order valence-corrected chi connectivity index (χ0v) is 19.8. The molecule has 3 nitrogen and oxygen atoms in total. The van der Waals surface area contributed by atoms with Crippen molar-refractivity contribution in [2.24, 2.45) is 4.99 Å². The maximum absolute atomic E-state index is 13.9. The van der Waals surface area contributed by atoms with Crippen LogP contribution in [0, 0.1) is 0 Å². The first-order chi connectivity index (χ1) is 17.3. The highest BCUT2D eigenvalue weighted by atomic mass is 32.1. The lowest BCUT2D eigenvalue weighted by atomic mass is 9.83. The fourth-order valence-corrected chi connectivity index (χ4v) is 6.47. The summed E-state index contributed by atoms with van der Waals surface area (Å²) in [7, 11) is 0. The molecule has 0 spiro atoms. The lowest BCUT2D eigenvalue weighted by molar-refractivity contribution is 0.585. The number of rotatable bonds is 2. The van der Waals surface area contributed by atoms with Crippen LogP contribution in [-0.4, -0.2) is 4.57 Å². The SMILES string of the molecule is O=c1/c(=C\c2cccc3ccccc23)sc2n1[C@@H](c1ccccc1)C1=C(N=2)c2ccccc2CC1. The molecule has 1 aliphatic carbocycles. The van der Waals surface area contributed by atoms with E-state index < -0.39 is 0 Å². The van der Waals surface area contributed by atoms with Gasteiger partial charge in [0.1, 0.15) is 0 Å². The van der Waals surface area contributed by atoms with E-state index in [1.807, 2.05) is 34.9 Å². The summed E-state index contributed by atoms with van der Waals surface area (Å²) in [5.41, 5.74) is 7.02. The molecule has 5 aromatic rings. The highest BCUT2D eigenvalue weighted by Crippen LogP contribution is 2.41. The fourth-order valence-electron chi connectivity index (χ4n) is 5.48. The topological polar surface area (TPSA) is 34.4 Å². The average Bonchev–Trinajstić information content (AvgIpc) is 3.22. The molecule has 4 heteroatoms. The van der Waals surface area contributed by atoms with Gasteiger partial charge >= 0.3 is 0 Å². The lowest BCUT2D eigenvalue weighted by Crippen LogP contribution is -2.38. The van der Waals surface area contributed by atoms with Crippen LogP contribution in [0.3, 0.4) is 0 Å². The molecule has 168 valence electrons. The smallest absolute Gasteiger partial charge is 0.271 e. The van der Waals surface area contributed by atoms with Crippen molar-refractivity contribution in [1.82, 2.24) is 4.57 Å². The Bertz CT molecular complexity index is 1820. The number of benzene rings is 4. The largest absolute Gasteiger partial charge is 0.272 e. The Morgan fingerprint density at radius 2 is 1.60 bits per heavy atom. The number of thiazole rings is 1. The van der Waals surface area contributed by atoms with E-state index in [0.29, 0.717) is 4.53 Å². The van der Waals surface area contributed by atoms with Crippen LogP contribution in [0.25, 0.3) is 22.5 Å². The van der Waals surface area contributed by atoms with E-state index in [9.17, 15) is 4.79 Å². The van der Waals surface area contributed by atoms with E-state index in [1.54, 1.807) is 0 Å². The van der Waals surface area contributed by atoms with Crippen LogP contribution in [0.15, 0.2) is 112 Å². The van der Waals surface area contributed by atoms with Crippen LogP contribution in [0.5, 0.6) is 0 Å². The molecule has 1 aliphatic heterocycles. The van der Waals surface area contributed by atoms with Crippen molar-refractivity contribution in [3.8, 4) is 0 Å². The summed E-state index contributed by atoms with van der Waals surface area (Å²) in [4.78, 5) is 19.8. The van der Waals surface area contributed by atoms with Crippen LogP contribution in [0.2, 0.25) is 0 Å². The van der Waals surface area contributed by atoms with Crippen LogP contribution in [0.1, 0.15) is 34.7 Å². The number of aryl methyl sites for hydroxylation is 1. The van der Waals surface area contributed by atoms with Crippen molar-refractivity contribution in [1.29, 1.82) is 0 Å². The Morgan fingerprint density at radius 3 is 2.51 bits per heavy atom. The molecule has 0 fully saturated rings. The van der Waals surface area contributed by atoms with Gasteiger partial charge in [-0.15, -0.1) is 0 Å². The Balaban J connectivity index is 1.51. The number of aromatic nitrogens is 1. The second-order valence-electron chi connectivity index (χ2n) is 9.09. The molecule has 7 rings (SSSR count). The molecule has 1 atom stereocenters. The fraction of sp³-hybridized carbons (Fsp3) is 0.0968. The molecule has 0 saturated heterocycles. The predicted molar refractivity (Wildman–Crippen MR) is 143 cm³/mol. The van der Waals surface area contributed by atoms with Crippen molar-refractivity contribution < 1.29 is 0 Å². The van der Waals surface area contributed by atoms with Gasteiger partial charge in [0.15, 0.2) is 4.80 Å². The summed E-state index contributed by atoms with van der Waals surface area (Å²) < 4.78 is 2.64. The zero-order chi connectivity index (χ0) is 23.4. The minimum absolute atomic E-state index is 0.0287. The van der Waals surface area contributed by atoms with Gasteiger partial charge in [0.2, 0.25) is 0 Å². The first-order valence-electron chi connectivity index (χ1n) is 11.9. The van der Waals surface area contributed by atoms with Crippen LogP contribution in [0.4, 0.5) is 0 Å². The van der Waals surface area contributed by atoms with Gasteiger partial charge in [-0.2, -0.15) is 0 Å². The van der Waals surface area contributed by atoms with Gasteiger partial charge in [0, 0.05) is 5.56 Å². The molecule has 0 saturated carbocycles. The quantitative estimate of drug-likeness (QED) is 0.337. The lowest BCUT2D eigenvalue weighted by Gasteiger charge is -2.30. The highest BCUT2D eigenvalue weighted by Gasteiger charge is 2.32. The molecule has 0 N–H and O–H groups in total. The van der Waals surface area contributed by atoms with Crippen molar-refractivity contribution in [3.05, 3.63) is 145 Å². The zero-order valence-electron chi connectivity index (χ0n) is 19.0. The third-order valence-corrected chi connectivity index (χ3v) is 8.08. The van der Waals surface area contributed by atoms with E-state index in [2.05, 4.69) is 72.8 Å². The summed E-state index contributed by atoms with van der Waals surface area (Å²) in [5, 5.41) is 2.32.